The Labute approximate surface area is 108 Å². The molecule has 0 aromatic heterocycles. The molecule has 3 nitrogen and oxygen atoms in total. The van der Waals surface area contributed by atoms with Crippen LogP contribution in [0.2, 0.25) is 0 Å². The first-order chi connectivity index (χ1) is 8.54. The lowest BCUT2D eigenvalue weighted by Gasteiger charge is -2.41. The number of nitrogens with one attached hydrogen (secondary N) is 1. The second-order valence-corrected chi connectivity index (χ2v) is 5.44. The minimum atomic E-state index is -0.336. The van der Waals surface area contributed by atoms with Crippen LogP contribution in [-0.2, 0) is 11.2 Å². The van der Waals surface area contributed by atoms with Crippen LogP contribution < -0.4 is 5.32 Å². The van der Waals surface area contributed by atoms with Crippen LogP contribution in [0, 0.1) is 13.8 Å². The molecule has 0 bridgehead atoms. The third-order valence-corrected chi connectivity index (χ3v) is 3.95. The second-order valence-electron chi connectivity index (χ2n) is 5.44. The minimum Gasteiger partial charge on any atom is -0.394 e. The summed E-state index contributed by atoms with van der Waals surface area (Å²) in [7, 11) is 0. The molecule has 0 heterocycles. The third-order valence-electron chi connectivity index (χ3n) is 3.95. The number of rotatable bonds is 4. The highest BCUT2D eigenvalue weighted by atomic mass is 16.3. The molecule has 1 aliphatic carbocycles. The highest BCUT2D eigenvalue weighted by Crippen LogP contribution is 2.31. The average molecular weight is 247 g/mol. The topological polar surface area (TPSA) is 49.3 Å². The van der Waals surface area contributed by atoms with Crippen molar-refractivity contribution < 1.29 is 9.90 Å². The van der Waals surface area contributed by atoms with Crippen LogP contribution in [0.5, 0.6) is 0 Å². The van der Waals surface area contributed by atoms with Crippen molar-refractivity contribution in [3.05, 3.63) is 34.9 Å². The van der Waals surface area contributed by atoms with E-state index in [1.807, 2.05) is 12.1 Å². The van der Waals surface area contributed by atoms with Gasteiger partial charge in [-0.2, -0.15) is 0 Å². The lowest BCUT2D eigenvalue weighted by atomic mass is 9.77. The van der Waals surface area contributed by atoms with Gasteiger partial charge >= 0.3 is 0 Å². The molecule has 1 aromatic rings. The van der Waals surface area contributed by atoms with Crippen molar-refractivity contribution in [2.75, 3.05) is 6.61 Å². The van der Waals surface area contributed by atoms with Crippen LogP contribution in [0.15, 0.2) is 18.2 Å². The van der Waals surface area contributed by atoms with E-state index in [0.29, 0.717) is 6.42 Å². The summed E-state index contributed by atoms with van der Waals surface area (Å²) in [5.74, 6) is 0.00648. The largest absolute Gasteiger partial charge is 0.394 e. The quantitative estimate of drug-likeness (QED) is 0.853. The fourth-order valence-corrected chi connectivity index (χ4v) is 2.37. The molecule has 98 valence electrons. The number of aliphatic hydroxyl groups excluding tert-OH is 1. The van der Waals surface area contributed by atoms with Crippen molar-refractivity contribution in [3.63, 3.8) is 0 Å². The molecule has 0 spiro atoms. The van der Waals surface area contributed by atoms with Gasteiger partial charge in [-0.25, -0.2) is 0 Å². The number of carbonyl (C=O) groups is 1. The van der Waals surface area contributed by atoms with Gasteiger partial charge < -0.3 is 10.4 Å². The molecule has 1 aliphatic rings. The van der Waals surface area contributed by atoms with E-state index in [2.05, 4.69) is 25.2 Å². The van der Waals surface area contributed by atoms with Crippen LogP contribution >= 0.6 is 0 Å². The van der Waals surface area contributed by atoms with Crippen molar-refractivity contribution in [3.8, 4) is 0 Å². The van der Waals surface area contributed by atoms with E-state index in [1.165, 1.54) is 11.1 Å². The molecular formula is C15H21NO2. The summed E-state index contributed by atoms with van der Waals surface area (Å²) in [4.78, 5) is 12.0. The van der Waals surface area contributed by atoms with E-state index in [-0.39, 0.29) is 18.1 Å². The molecule has 1 fully saturated rings. The van der Waals surface area contributed by atoms with Crippen molar-refractivity contribution in [1.82, 2.24) is 5.32 Å². The second kappa shape index (κ2) is 5.11. The Kier molecular flexibility index (Phi) is 3.71. The Bertz CT molecular complexity index is 444. The van der Waals surface area contributed by atoms with E-state index in [0.717, 1.165) is 24.8 Å². The maximum atomic E-state index is 12.0. The van der Waals surface area contributed by atoms with Crippen LogP contribution in [0.4, 0.5) is 0 Å². The Morgan fingerprint density at radius 1 is 1.33 bits per heavy atom. The highest BCUT2D eigenvalue weighted by Gasteiger charge is 2.37. The number of hydrogen-bond donors (Lipinski definition) is 2. The molecule has 1 amide bonds. The van der Waals surface area contributed by atoms with Gasteiger partial charge in [0.1, 0.15) is 0 Å². The summed E-state index contributed by atoms with van der Waals surface area (Å²) in [5, 5.41) is 12.3. The number of aryl methyl sites for hydroxylation is 2. The third kappa shape index (κ3) is 2.72. The van der Waals surface area contributed by atoms with E-state index >= 15 is 0 Å². The summed E-state index contributed by atoms with van der Waals surface area (Å²) in [6.45, 7) is 4.16. The van der Waals surface area contributed by atoms with Gasteiger partial charge in [0.05, 0.1) is 18.6 Å². The molecule has 18 heavy (non-hydrogen) atoms. The molecule has 3 heteroatoms. The minimum absolute atomic E-state index is 0.00648. The van der Waals surface area contributed by atoms with Gasteiger partial charge in [-0.1, -0.05) is 18.2 Å². The van der Waals surface area contributed by atoms with E-state index in [9.17, 15) is 9.90 Å². The number of amides is 1. The summed E-state index contributed by atoms with van der Waals surface area (Å²) < 4.78 is 0. The fourth-order valence-electron chi connectivity index (χ4n) is 2.37. The van der Waals surface area contributed by atoms with Crippen molar-refractivity contribution in [2.45, 2.75) is 45.1 Å². The van der Waals surface area contributed by atoms with Gasteiger partial charge in [0.2, 0.25) is 5.91 Å². The average Bonchev–Trinajstić information content (AvgIpc) is 2.29. The summed E-state index contributed by atoms with van der Waals surface area (Å²) in [6.07, 6.45) is 3.26. The monoisotopic (exact) mass is 247 g/mol. The van der Waals surface area contributed by atoms with E-state index in [1.54, 1.807) is 0 Å². The number of carbonyl (C=O) groups excluding carboxylic acids is 1. The predicted molar refractivity (Wildman–Crippen MR) is 71.4 cm³/mol. The molecule has 0 radical (unpaired) electrons. The zero-order valence-corrected chi connectivity index (χ0v) is 11.1. The molecule has 0 atom stereocenters. The molecule has 0 unspecified atom stereocenters. The predicted octanol–water partition coefficient (Wildman–Crippen LogP) is 1.88. The summed E-state index contributed by atoms with van der Waals surface area (Å²) in [6, 6.07) is 6.10. The van der Waals surface area contributed by atoms with Gasteiger partial charge in [-0.3, -0.25) is 4.79 Å². The van der Waals surface area contributed by atoms with Gasteiger partial charge in [0.15, 0.2) is 0 Å². The highest BCUT2D eigenvalue weighted by molar-refractivity contribution is 5.79. The number of aliphatic hydroxyl groups is 1. The fraction of sp³-hybridized carbons (Fsp3) is 0.533. The van der Waals surface area contributed by atoms with E-state index < -0.39 is 0 Å². The number of benzene rings is 1. The Hall–Kier alpha value is -1.35. The van der Waals surface area contributed by atoms with Gasteiger partial charge in [0.25, 0.3) is 0 Å². The van der Waals surface area contributed by atoms with Gasteiger partial charge in [-0.15, -0.1) is 0 Å². The maximum absolute atomic E-state index is 12.0. The standard InChI is InChI=1S/C15H21NO2/c1-11-4-5-13(8-12(11)2)9-14(18)16-15(10-17)6-3-7-15/h4-5,8,17H,3,6-7,9-10H2,1-2H3,(H,16,18). The Morgan fingerprint density at radius 3 is 2.56 bits per heavy atom. The van der Waals surface area contributed by atoms with E-state index in [4.69, 9.17) is 0 Å². The van der Waals surface area contributed by atoms with Crippen LogP contribution in [0.25, 0.3) is 0 Å². The lowest BCUT2D eigenvalue weighted by molar-refractivity contribution is -0.124. The first-order valence-corrected chi connectivity index (χ1v) is 6.53. The maximum Gasteiger partial charge on any atom is 0.224 e. The normalized spacial score (nSPS) is 17.1. The zero-order valence-electron chi connectivity index (χ0n) is 11.1. The molecule has 0 aliphatic heterocycles. The zero-order chi connectivity index (χ0) is 13.2. The van der Waals surface area contributed by atoms with Gasteiger partial charge in [0, 0.05) is 0 Å². The Morgan fingerprint density at radius 2 is 2.06 bits per heavy atom. The SMILES string of the molecule is Cc1ccc(CC(=O)NC2(CO)CCC2)cc1C. The van der Waals surface area contributed by atoms with Gasteiger partial charge in [-0.05, 0) is 49.8 Å². The van der Waals surface area contributed by atoms with Crippen LogP contribution in [-0.4, -0.2) is 23.2 Å². The summed E-state index contributed by atoms with van der Waals surface area (Å²) >= 11 is 0. The molecular weight excluding hydrogens is 226 g/mol. The van der Waals surface area contributed by atoms with Crippen molar-refractivity contribution >= 4 is 5.91 Å². The Balaban J connectivity index is 1.96. The van der Waals surface area contributed by atoms with Crippen LogP contribution in [0.3, 0.4) is 0 Å². The van der Waals surface area contributed by atoms with Crippen LogP contribution in [0.1, 0.15) is 36.0 Å². The smallest absolute Gasteiger partial charge is 0.224 e. The summed E-state index contributed by atoms with van der Waals surface area (Å²) in [5.41, 5.74) is 3.14. The first kappa shape index (κ1) is 13.1. The van der Waals surface area contributed by atoms with Crippen molar-refractivity contribution in [1.29, 1.82) is 0 Å². The molecule has 2 N–H and O–H groups in total. The molecule has 0 saturated heterocycles. The lowest BCUT2D eigenvalue weighted by Crippen LogP contribution is -2.56. The molecule has 2 rings (SSSR count). The molecule has 1 aromatic carbocycles. The molecule has 1 saturated carbocycles. The number of hydrogen-bond acceptors (Lipinski definition) is 2. The first-order valence-electron chi connectivity index (χ1n) is 6.53. The van der Waals surface area contributed by atoms with Crippen molar-refractivity contribution in [2.24, 2.45) is 0 Å².